The molecule has 1 saturated heterocycles. The predicted octanol–water partition coefficient (Wildman–Crippen LogP) is 1.79. The predicted molar refractivity (Wildman–Crippen MR) is 79.5 cm³/mol. The van der Waals surface area contributed by atoms with Crippen LogP contribution in [-0.2, 0) is 0 Å². The average molecular weight is 346 g/mol. The Labute approximate surface area is 117 Å². The molecular formula is C13H19IN2O. The van der Waals surface area contributed by atoms with E-state index >= 15 is 0 Å². The molecule has 0 amide bonds. The maximum absolute atomic E-state index is 9.14. The van der Waals surface area contributed by atoms with Crippen LogP contribution >= 0.6 is 22.6 Å². The fraction of sp³-hybridized carbons (Fsp3) is 0.538. The van der Waals surface area contributed by atoms with Crippen molar-refractivity contribution in [3.05, 3.63) is 27.8 Å². The number of anilines is 1. The van der Waals surface area contributed by atoms with Gasteiger partial charge < -0.3 is 10.0 Å². The molecule has 0 saturated carbocycles. The van der Waals surface area contributed by atoms with Crippen LogP contribution in [0, 0.1) is 3.57 Å². The van der Waals surface area contributed by atoms with Gasteiger partial charge in [-0.2, -0.15) is 0 Å². The molecule has 1 atom stereocenters. The summed E-state index contributed by atoms with van der Waals surface area (Å²) in [5.74, 6) is 0. The Bertz CT molecular complexity index is 347. The SMILES string of the molecule is CC(CO)N1CCN(c2ccc(I)cc2)CC1. The highest BCUT2D eigenvalue weighted by Gasteiger charge is 2.20. The van der Waals surface area contributed by atoms with Crippen molar-refractivity contribution in [1.29, 1.82) is 0 Å². The third kappa shape index (κ3) is 3.33. The van der Waals surface area contributed by atoms with E-state index in [-0.39, 0.29) is 12.6 Å². The van der Waals surface area contributed by atoms with E-state index in [4.69, 9.17) is 5.11 Å². The van der Waals surface area contributed by atoms with Gasteiger partial charge in [0, 0.05) is 41.5 Å². The largest absolute Gasteiger partial charge is 0.395 e. The molecule has 2 rings (SSSR count). The lowest BCUT2D eigenvalue weighted by Gasteiger charge is -2.38. The van der Waals surface area contributed by atoms with Gasteiger partial charge in [0.25, 0.3) is 0 Å². The second-order valence-corrected chi connectivity index (χ2v) is 5.78. The molecule has 1 aliphatic rings. The third-order valence-corrected chi connectivity index (χ3v) is 4.11. The summed E-state index contributed by atoms with van der Waals surface area (Å²) < 4.78 is 1.28. The number of aliphatic hydroxyl groups excluding tert-OH is 1. The van der Waals surface area contributed by atoms with Gasteiger partial charge in [0.1, 0.15) is 0 Å². The molecule has 17 heavy (non-hydrogen) atoms. The summed E-state index contributed by atoms with van der Waals surface area (Å²) in [6.45, 7) is 6.50. The number of benzene rings is 1. The van der Waals surface area contributed by atoms with Gasteiger partial charge in [-0.15, -0.1) is 0 Å². The van der Waals surface area contributed by atoms with E-state index in [0.717, 1.165) is 26.2 Å². The minimum absolute atomic E-state index is 0.254. The van der Waals surface area contributed by atoms with E-state index in [1.54, 1.807) is 0 Å². The van der Waals surface area contributed by atoms with Gasteiger partial charge in [0.2, 0.25) is 0 Å². The van der Waals surface area contributed by atoms with Crippen LogP contribution in [0.3, 0.4) is 0 Å². The fourth-order valence-corrected chi connectivity index (χ4v) is 2.55. The van der Waals surface area contributed by atoms with E-state index in [1.165, 1.54) is 9.26 Å². The zero-order chi connectivity index (χ0) is 12.3. The quantitative estimate of drug-likeness (QED) is 0.846. The van der Waals surface area contributed by atoms with Gasteiger partial charge in [-0.05, 0) is 53.8 Å². The van der Waals surface area contributed by atoms with Gasteiger partial charge in [-0.3, -0.25) is 4.90 Å². The lowest BCUT2D eigenvalue weighted by atomic mass is 10.2. The van der Waals surface area contributed by atoms with Crippen LogP contribution in [-0.4, -0.2) is 48.8 Å². The van der Waals surface area contributed by atoms with Crippen molar-refractivity contribution in [2.45, 2.75) is 13.0 Å². The smallest absolute Gasteiger partial charge is 0.0584 e. The number of aliphatic hydroxyl groups is 1. The summed E-state index contributed by atoms with van der Waals surface area (Å²) in [4.78, 5) is 4.76. The molecule has 0 bridgehead atoms. The number of hydrogen-bond donors (Lipinski definition) is 1. The van der Waals surface area contributed by atoms with E-state index in [0.29, 0.717) is 0 Å². The van der Waals surface area contributed by atoms with Crippen LogP contribution in [0.1, 0.15) is 6.92 Å². The molecule has 1 N–H and O–H groups in total. The minimum atomic E-state index is 0.254. The van der Waals surface area contributed by atoms with Crippen molar-refractivity contribution in [2.75, 3.05) is 37.7 Å². The highest BCUT2D eigenvalue weighted by Crippen LogP contribution is 2.18. The highest BCUT2D eigenvalue weighted by atomic mass is 127. The van der Waals surface area contributed by atoms with Crippen LogP contribution < -0.4 is 4.90 Å². The molecule has 1 heterocycles. The van der Waals surface area contributed by atoms with E-state index in [1.807, 2.05) is 0 Å². The summed E-state index contributed by atoms with van der Waals surface area (Å²) in [5, 5.41) is 9.14. The summed E-state index contributed by atoms with van der Waals surface area (Å²) in [6.07, 6.45) is 0. The first-order valence-electron chi connectivity index (χ1n) is 6.06. The fourth-order valence-electron chi connectivity index (χ4n) is 2.19. The normalized spacial score (nSPS) is 19.4. The van der Waals surface area contributed by atoms with E-state index in [9.17, 15) is 0 Å². The lowest BCUT2D eigenvalue weighted by Crippen LogP contribution is -2.50. The van der Waals surface area contributed by atoms with Crippen molar-refractivity contribution < 1.29 is 5.11 Å². The van der Waals surface area contributed by atoms with Crippen LogP contribution in [0.2, 0.25) is 0 Å². The molecule has 94 valence electrons. The van der Waals surface area contributed by atoms with Crippen LogP contribution in [0.5, 0.6) is 0 Å². The Hall–Kier alpha value is -0.330. The van der Waals surface area contributed by atoms with Crippen molar-refractivity contribution in [3.8, 4) is 0 Å². The Morgan fingerprint density at radius 1 is 1.18 bits per heavy atom. The minimum Gasteiger partial charge on any atom is -0.395 e. The van der Waals surface area contributed by atoms with Crippen LogP contribution in [0.25, 0.3) is 0 Å². The number of halogens is 1. The maximum Gasteiger partial charge on any atom is 0.0584 e. The van der Waals surface area contributed by atoms with E-state index in [2.05, 4.69) is 63.6 Å². The molecule has 0 spiro atoms. The monoisotopic (exact) mass is 346 g/mol. The molecule has 0 aliphatic carbocycles. The first-order valence-corrected chi connectivity index (χ1v) is 7.14. The zero-order valence-corrected chi connectivity index (χ0v) is 12.3. The van der Waals surface area contributed by atoms with Crippen molar-refractivity contribution >= 4 is 28.3 Å². The number of rotatable bonds is 3. The van der Waals surface area contributed by atoms with E-state index < -0.39 is 0 Å². The topological polar surface area (TPSA) is 26.7 Å². The average Bonchev–Trinajstić information content (AvgIpc) is 2.39. The second-order valence-electron chi connectivity index (χ2n) is 4.53. The van der Waals surface area contributed by atoms with Crippen molar-refractivity contribution in [1.82, 2.24) is 4.90 Å². The summed E-state index contributed by atoms with van der Waals surface area (Å²) in [6, 6.07) is 8.96. The molecule has 1 aliphatic heterocycles. The van der Waals surface area contributed by atoms with Gasteiger partial charge in [-0.25, -0.2) is 0 Å². The first kappa shape index (κ1) is 13.1. The number of piperazine rings is 1. The first-order chi connectivity index (χ1) is 8.20. The lowest BCUT2D eigenvalue weighted by molar-refractivity contribution is 0.128. The summed E-state index contributed by atoms with van der Waals surface area (Å²) in [5.41, 5.74) is 1.31. The number of nitrogens with zero attached hydrogens (tertiary/aromatic N) is 2. The van der Waals surface area contributed by atoms with Crippen molar-refractivity contribution in [2.24, 2.45) is 0 Å². The van der Waals surface area contributed by atoms with Gasteiger partial charge in [-0.1, -0.05) is 0 Å². The number of hydrogen-bond acceptors (Lipinski definition) is 3. The van der Waals surface area contributed by atoms with Gasteiger partial charge in [0.05, 0.1) is 6.61 Å². The Morgan fingerprint density at radius 2 is 1.76 bits per heavy atom. The molecule has 1 unspecified atom stereocenters. The molecular weight excluding hydrogens is 327 g/mol. The summed E-state index contributed by atoms with van der Waals surface area (Å²) >= 11 is 2.33. The van der Waals surface area contributed by atoms with Crippen LogP contribution in [0.4, 0.5) is 5.69 Å². The molecule has 0 radical (unpaired) electrons. The third-order valence-electron chi connectivity index (χ3n) is 3.39. The summed E-state index contributed by atoms with van der Waals surface area (Å²) in [7, 11) is 0. The van der Waals surface area contributed by atoms with Crippen LogP contribution in [0.15, 0.2) is 24.3 Å². The molecule has 1 aromatic rings. The Morgan fingerprint density at radius 3 is 2.29 bits per heavy atom. The van der Waals surface area contributed by atoms with Gasteiger partial charge in [0.15, 0.2) is 0 Å². The molecule has 4 heteroatoms. The second kappa shape index (κ2) is 6.02. The molecule has 3 nitrogen and oxygen atoms in total. The molecule has 1 fully saturated rings. The zero-order valence-electron chi connectivity index (χ0n) is 10.1. The highest BCUT2D eigenvalue weighted by molar-refractivity contribution is 14.1. The standard InChI is InChI=1S/C13H19IN2O/c1-11(10-17)15-6-8-16(9-7-15)13-4-2-12(14)3-5-13/h2-5,11,17H,6-10H2,1H3. The molecule has 0 aromatic heterocycles. The Kier molecular flexibility index (Phi) is 4.64. The van der Waals surface area contributed by atoms with Gasteiger partial charge >= 0.3 is 0 Å². The Balaban J connectivity index is 1.93. The maximum atomic E-state index is 9.14. The van der Waals surface area contributed by atoms with Crippen molar-refractivity contribution in [3.63, 3.8) is 0 Å². The molecule has 1 aromatic carbocycles.